The maximum Gasteiger partial charge on any atom is 0.240 e. The van der Waals surface area contributed by atoms with Gasteiger partial charge >= 0.3 is 0 Å². The first-order valence-corrected chi connectivity index (χ1v) is 7.42. The number of benzene rings is 1. The number of nitrogens with one attached hydrogen (secondary N) is 2. The number of amides is 1. The highest BCUT2D eigenvalue weighted by Gasteiger charge is 2.28. The highest BCUT2D eigenvalue weighted by molar-refractivity contribution is 7.89. The Balaban J connectivity index is 2.31. The lowest BCUT2D eigenvalue weighted by Crippen LogP contribution is -2.30. The van der Waals surface area contributed by atoms with Gasteiger partial charge < -0.3 is 10.4 Å². The highest BCUT2D eigenvalue weighted by atomic mass is 32.2. The smallest absolute Gasteiger partial charge is 0.240 e. The third kappa shape index (κ3) is 2.78. The van der Waals surface area contributed by atoms with Crippen LogP contribution in [-0.2, 0) is 14.8 Å². The molecular weight excluding hydrogens is 268 g/mol. The summed E-state index contributed by atoms with van der Waals surface area (Å²) < 4.78 is 26.3. The molecule has 1 aromatic rings. The number of carbonyl (C=O) groups is 1. The molecule has 1 aliphatic rings. The first kappa shape index (κ1) is 14.0. The summed E-state index contributed by atoms with van der Waals surface area (Å²) >= 11 is 0. The zero-order valence-electron chi connectivity index (χ0n) is 10.7. The summed E-state index contributed by atoms with van der Waals surface area (Å²) in [6, 6.07) is 4.50. The molecule has 1 aliphatic heterocycles. The van der Waals surface area contributed by atoms with Crippen molar-refractivity contribution in [3.8, 4) is 0 Å². The van der Waals surface area contributed by atoms with Crippen LogP contribution in [0.1, 0.15) is 25.3 Å². The fourth-order valence-electron chi connectivity index (χ4n) is 1.88. The average molecular weight is 284 g/mol. The van der Waals surface area contributed by atoms with Crippen LogP contribution < -0.4 is 10.0 Å². The average Bonchev–Trinajstić information content (AvgIpc) is 2.63. The fourth-order valence-corrected chi connectivity index (χ4v) is 3.03. The van der Waals surface area contributed by atoms with E-state index in [0.717, 1.165) is 0 Å². The summed E-state index contributed by atoms with van der Waals surface area (Å²) in [6.45, 7) is 3.17. The topological polar surface area (TPSA) is 95.5 Å². The lowest BCUT2D eigenvalue weighted by atomic mass is 10.0. The second-order valence-electron chi connectivity index (χ2n) is 4.66. The van der Waals surface area contributed by atoms with Gasteiger partial charge in [0.15, 0.2) is 0 Å². The van der Waals surface area contributed by atoms with Crippen molar-refractivity contribution in [3.05, 3.63) is 23.8 Å². The van der Waals surface area contributed by atoms with E-state index in [1.807, 2.05) is 0 Å². The zero-order chi connectivity index (χ0) is 14.2. The van der Waals surface area contributed by atoms with Crippen LogP contribution in [0.4, 0.5) is 5.69 Å². The van der Waals surface area contributed by atoms with Crippen LogP contribution in [0.2, 0.25) is 0 Å². The largest absolute Gasteiger partial charge is 0.392 e. The summed E-state index contributed by atoms with van der Waals surface area (Å²) in [4.78, 5) is 11.6. The third-order valence-corrected chi connectivity index (χ3v) is 4.44. The maximum absolute atomic E-state index is 12.0. The van der Waals surface area contributed by atoms with Crippen LogP contribution in [0.25, 0.3) is 0 Å². The molecule has 0 fully saturated rings. The van der Waals surface area contributed by atoms with Crippen LogP contribution in [0.15, 0.2) is 23.1 Å². The van der Waals surface area contributed by atoms with E-state index in [4.69, 9.17) is 5.11 Å². The Morgan fingerprint density at radius 2 is 2.16 bits per heavy atom. The monoisotopic (exact) mass is 284 g/mol. The van der Waals surface area contributed by atoms with Gasteiger partial charge in [-0.05, 0) is 37.6 Å². The molecule has 104 valence electrons. The highest BCUT2D eigenvalue weighted by Crippen LogP contribution is 2.33. The molecule has 0 spiro atoms. The number of carbonyl (C=O) groups excluding carboxylic acids is 1. The number of anilines is 1. The van der Waals surface area contributed by atoms with Crippen LogP contribution in [0, 0.1) is 0 Å². The van der Waals surface area contributed by atoms with E-state index in [1.165, 1.54) is 19.1 Å². The van der Waals surface area contributed by atoms with Gasteiger partial charge in [-0.25, -0.2) is 13.1 Å². The summed E-state index contributed by atoms with van der Waals surface area (Å²) in [7, 11) is -3.67. The molecule has 0 saturated heterocycles. The SMILES string of the molecule is CC1C(=O)Nc2ccc(S(=O)(=O)NC[C@@H](C)O)cc21. The van der Waals surface area contributed by atoms with E-state index in [1.54, 1.807) is 13.0 Å². The standard InChI is InChI=1S/C12H16N2O4S/c1-7(15)6-13-19(17,18)9-3-4-11-10(5-9)8(2)12(16)14-11/h3-5,7-8,13,15H,6H2,1-2H3,(H,14,16)/t7-,8?/m1/s1. The van der Waals surface area contributed by atoms with Gasteiger partial charge in [0.2, 0.25) is 15.9 Å². The maximum atomic E-state index is 12.0. The van der Waals surface area contributed by atoms with Gasteiger partial charge in [-0.3, -0.25) is 4.79 Å². The first-order valence-electron chi connectivity index (χ1n) is 5.94. The Morgan fingerprint density at radius 3 is 2.79 bits per heavy atom. The van der Waals surface area contributed by atoms with E-state index in [2.05, 4.69) is 10.0 Å². The van der Waals surface area contributed by atoms with Crippen molar-refractivity contribution < 1.29 is 18.3 Å². The van der Waals surface area contributed by atoms with Crippen molar-refractivity contribution in [1.82, 2.24) is 4.72 Å². The molecule has 1 unspecified atom stereocenters. The Bertz CT molecular complexity index is 610. The number of fused-ring (bicyclic) bond motifs is 1. The van der Waals surface area contributed by atoms with Crippen molar-refractivity contribution in [2.45, 2.75) is 30.8 Å². The minimum atomic E-state index is -3.67. The van der Waals surface area contributed by atoms with E-state index in [-0.39, 0.29) is 23.3 Å². The third-order valence-electron chi connectivity index (χ3n) is 3.02. The molecule has 1 amide bonds. The molecule has 6 nitrogen and oxygen atoms in total. The lowest BCUT2D eigenvalue weighted by molar-refractivity contribution is -0.116. The minimum Gasteiger partial charge on any atom is -0.392 e. The number of aliphatic hydroxyl groups is 1. The number of hydrogen-bond donors (Lipinski definition) is 3. The predicted octanol–water partition coefficient (Wildman–Crippen LogP) is 0.401. The molecule has 3 N–H and O–H groups in total. The predicted molar refractivity (Wildman–Crippen MR) is 70.4 cm³/mol. The second kappa shape index (κ2) is 4.92. The van der Waals surface area contributed by atoms with E-state index in [9.17, 15) is 13.2 Å². The molecule has 0 aliphatic carbocycles. The molecule has 0 radical (unpaired) electrons. The molecular formula is C12H16N2O4S. The Kier molecular flexibility index (Phi) is 3.62. The Morgan fingerprint density at radius 1 is 1.47 bits per heavy atom. The number of rotatable bonds is 4. The summed E-state index contributed by atoms with van der Waals surface area (Å²) in [5.74, 6) is -0.497. The van der Waals surface area contributed by atoms with Crippen molar-refractivity contribution in [2.75, 3.05) is 11.9 Å². The quantitative estimate of drug-likeness (QED) is 0.746. The van der Waals surface area contributed by atoms with Crippen LogP contribution in [0.5, 0.6) is 0 Å². The molecule has 2 rings (SSSR count). The number of aliphatic hydroxyl groups excluding tert-OH is 1. The van der Waals surface area contributed by atoms with Crippen molar-refractivity contribution in [2.24, 2.45) is 0 Å². The fraction of sp³-hybridized carbons (Fsp3) is 0.417. The van der Waals surface area contributed by atoms with Gasteiger partial charge in [-0.2, -0.15) is 0 Å². The van der Waals surface area contributed by atoms with Crippen LogP contribution in [0.3, 0.4) is 0 Å². The normalized spacial score (nSPS) is 19.9. The Labute approximate surface area is 111 Å². The van der Waals surface area contributed by atoms with Gasteiger partial charge in [0.1, 0.15) is 0 Å². The van der Waals surface area contributed by atoms with E-state index >= 15 is 0 Å². The van der Waals surface area contributed by atoms with Crippen molar-refractivity contribution >= 4 is 21.6 Å². The van der Waals surface area contributed by atoms with Gasteiger partial charge in [-0.1, -0.05) is 0 Å². The summed E-state index contributed by atoms with van der Waals surface area (Å²) in [5.41, 5.74) is 1.32. The Hall–Kier alpha value is -1.44. The molecule has 19 heavy (non-hydrogen) atoms. The van der Waals surface area contributed by atoms with Crippen molar-refractivity contribution in [1.29, 1.82) is 0 Å². The summed E-state index contributed by atoms with van der Waals surface area (Å²) in [6.07, 6.45) is -0.758. The number of hydrogen-bond acceptors (Lipinski definition) is 4. The molecule has 0 aromatic heterocycles. The second-order valence-corrected chi connectivity index (χ2v) is 6.43. The molecule has 7 heteroatoms. The van der Waals surface area contributed by atoms with Gasteiger partial charge in [-0.15, -0.1) is 0 Å². The molecule has 0 bridgehead atoms. The van der Waals surface area contributed by atoms with Gasteiger partial charge in [0.05, 0.1) is 16.9 Å². The minimum absolute atomic E-state index is 0.0495. The van der Waals surface area contributed by atoms with Gasteiger partial charge in [0.25, 0.3) is 0 Å². The molecule has 0 saturated carbocycles. The summed E-state index contributed by atoms with van der Waals surface area (Å²) in [5, 5.41) is 11.8. The van der Waals surface area contributed by atoms with Crippen LogP contribution >= 0.6 is 0 Å². The first-order chi connectivity index (χ1) is 8.81. The van der Waals surface area contributed by atoms with Crippen LogP contribution in [-0.4, -0.2) is 32.1 Å². The molecule has 1 aromatic carbocycles. The van der Waals surface area contributed by atoms with Gasteiger partial charge in [0, 0.05) is 12.2 Å². The zero-order valence-corrected chi connectivity index (χ0v) is 11.5. The number of sulfonamides is 1. The van der Waals surface area contributed by atoms with Crippen molar-refractivity contribution in [3.63, 3.8) is 0 Å². The lowest BCUT2D eigenvalue weighted by Gasteiger charge is -2.10. The molecule has 1 heterocycles. The van der Waals surface area contributed by atoms with E-state index < -0.39 is 16.1 Å². The molecule has 2 atom stereocenters. The van der Waals surface area contributed by atoms with E-state index in [0.29, 0.717) is 11.3 Å².